The van der Waals surface area contributed by atoms with Crippen molar-refractivity contribution in [2.24, 2.45) is 62.6 Å². The zero-order valence-electron chi connectivity index (χ0n) is 36.6. The van der Waals surface area contributed by atoms with Gasteiger partial charge in [-0.25, -0.2) is 0 Å². The first-order valence-electron chi connectivity index (χ1n) is 22.1. The van der Waals surface area contributed by atoms with Gasteiger partial charge < -0.3 is 14.8 Å². The summed E-state index contributed by atoms with van der Waals surface area (Å²) in [7, 11) is 0. The Kier molecular flexibility index (Phi) is 11.3. The minimum absolute atomic E-state index is 0.00182. The summed E-state index contributed by atoms with van der Waals surface area (Å²) in [5.41, 5.74) is 0.193. The van der Waals surface area contributed by atoms with Crippen LogP contribution in [0.4, 0.5) is 0 Å². The van der Waals surface area contributed by atoms with Crippen LogP contribution in [-0.2, 0) is 28.7 Å². The molecule has 0 aromatic rings. The Balaban J connectivity index is 1.21. The Morgan fingerprint density at radius 2 is 1.49 bits per heavy atom. The van der Waals surface area contributed by atoms with Gasteiger partial charge in [0.15, 0.2) is 5.78 Å². The lowest BCUT2D eigenvalue weighted by atomic mass is 9.39. The van der Waals surface area contributed by atoms with Crippen LogP contribution in [0.1, 0.15) is 173 Å². The van der Waals surface area contributed by atoms with Crippen molar-refractivity contribution in [2.75, 3.05) is 0 Å². The van der Waals surface area contributed by atoms with E-state index in [2.05, 4.69) is 59.9 Å². The van der Waals surface area contributed by atoms with Crippen LogP contribution in [0.3, 0.4) is 0 Å². The molecule has 55 heavy (non-hydrogen) atoms. The average Bonchev–Trinajstić information content (AvgIpc) is 3.38. The molecule has 0 heterocycles. The third-order valence-corrected chi connectivity index (χ3v) is 15.8. The number of esters is 2. The number of Topliss-reactive ketones (excluding diaryl/α,β-unsaturated/α-hetero) is 1. The number of ether oxygens (including phenoxy) is 2. The molecule has 7 heteroatoms. The number of carbonyl (C=O) groups is 4. The summed E-state index contributed by atoms with van der Waals surface area (Å²) in [5, 5.41) is 3.29. The highest BCUT2D eigenvalue weighted by molar-refractivity contribution is 6.02. The summed E-state index contributed by atoms with van der Waals surface area (Å²) in [6.45, 7) is 25.3. The van der Waals surface area contributed by atoms with Crippen LogP contribution in [0.15, 0.2) is 23.3 Å². The van der Waals surface area contributed by atoms with Crippen LogP contribution in [0.2, 0.25) is 0 Å². The van der Waals surface area contributed by atoms with Gasteiger partial charge in [-0.2, -0.15) is 0 Å². The normalized spacial score (nSPS) is 36.7. The third kappa shape index (κ3) is 8.03. The molecule has 0 saturated heterocycles. The van der Waals surface area contributed by atoms with Gasteiger partial charge in [0.05, 0.1) is 11.8 Å². The van der Waals surface area contributed by atoms with Gasteiger partial charge in [-0.3, -0.25) is 19.2 Å². The van der Waals surface area contributed by atoms with E-state index >= 15 is 0 Å². The molecule has 0 radical (unpaired) electrons. The van der Waals surface area contributed by atoms with Crippen molar-refractivity contribution in [1.82, 2.24) is 5.32 Å². The first-order chi connectivity index (χ1) is 25.4. The van der Waals surface area contributed by atoms with E-state index in [-0.39, 0.29) is 63.9 Å². The maximum absolute atomic E-state index is 14.1. The minimum atomic E-state index is -0.969. The number of hydrogen-bond acceptors (Lipinski definition) is 6. The number of fused-ring (bicyclic) bond motifs is 7. The number of nitrogens with one attached hydrogen (secondary N) is 1. The molecule has 6 rings (SSSR count). The Morgan fingerprint density at radius 1 is 0.836 bits per heavy atom. The second-order valence-corrected chi connectivity index (χ2v) is 22.7. The highest BCUT2D eigenvalue weighted by atomic mass is 16.6. The van der Waals surface area contributed by atoms with E-state index in [1.54, 1.807) is 19.9 Å². The van der Waals surface area contributed by atoms with Crippen molar-refractivity contribution in [1.29, 1.82) is 0 Å². The quantitative estimate of drug-likeness (QED) is 0.205. The number of hydrogen-bond donors (Lipinski definition) is 1. The van der Waals surface area contributed by atoms with Crippen molar-refractivity contribution in [2.45, 2.75) is 191 Å². The molecule has 7 nitrogen and oxygen atoms in total. The topological polar surface area (TPSA) is 98.8 Å². The Morgan fingerprint density at radius 3 is 2.13 bits per heavy atom. The molecule has 1 N–H and O–H groups in total. The van der Waals surface area contributed by atoms with Crippen molar-refractivity contribution >= 4 is 23.6 Å². The maximum atomic E-state index is 14.1. The Hall–Kier alpha value is -2.44. The average molecular weight is 762 g/mol. The molecule has 6 aliphatic carbocycles. The standard InChI is InChI=1S/C48H75NO6/c1-29-26-36(54-38(52)28-45(8,9)42(53)55-44(5,6)7)46(10,11)33-20-23-47(12)32-21-24-48(25-22-37(51)49-30-16-14-13-15-17-30)27-35(50)41(43(2,3)4)40(48)31(32)18-19-34(47)39(29)33/h22,25,29-34,36,39H,13-21,23-24,26-28H2,1-12H3,(H,49,51)/b25-22+/t29?,31-,32+,33+,34+,36-,39-,47-,48+/m0/s1. The predicted molar refractivity (Wildman–Crippen MR) is 218 cm³/mol. The van der Waals surface area contributed by atoms with Gasteiger partial charge in [-0.1, -0.05) is 73.8 Å². The molecule has 5 saturated carbocycles. The Bertz CT molecular complexity index is 1580. The van der Waals surface area contributed by atoms with Crippen molar-refractivity contribution in [3.05, 3.63) is 23.3 Å². The van der Waals surface area contributed by atoms with Gasteiger partial charge in [-0.05, 0) is 150 Å². The maximum Gasteiger partial charge on any atom is 0.312 e. The van der Waals surface area contributed by atoms with E-state index in [9.17, 15) is 19.2 Å². The number of allylic oxidation sites excluding steroid dienone is 3. The lowest BCUT2D eigenvalue weighted by molar-refractivity contribution is -0.197. The second kappa shape index (κ2) is 14.7. The fraction of sp³-hybridized carbons (Fsp3) is 0.833. The zero-order valence-corrected chi connectivity index (χ0v) is 36.6. The summed E-state index contributed by atoms with van der Waals surface area (Å²) in [6.07, 6.45) is 17.3. The van der Waals surface area contributed by atoms with Gasteiger partial charge in [0, 0.05) is 28.9 Å². The Labute approximate surface area is 333 Å². The van der Waals surface area contributed by atoms with Crippen LogP contribution >= 0.6 is 0 Å². The fourth-order valence-corrected chi connectivity index (χ4v) is 13.2. The molecular formula is C48H75NO6. The molecule has 5 fully saturated rings. The SMILES string of the molecule is CC1C[C@H](OC(=O)CC(C)(C)C(=O)OC(C)(C)C)C(C)(C)[C@@H]2CC[C@]3(C)[C@H](CC[C@@H]4C5=C(C(C)(C)C)C(=O)C[C@]5(/C=C/C(=O)NC5CCCCC5)CC[C@H]43)[C@@H]12. The molecular weight excluding hydrogens is 687 g/mol. The van der Waals surface area contributed by atoms with E-state index in [0.29, 0.717) is 41.9 Å². The van der Waals surface area contributed by atoms with Crippen molar-refractivity contribution < 1.29 is 28.7 Å². The van der Waals surface area contributed by atoms with Crippen LogP contribution in [0.25, 0.3) is 0 Å². The summed E-state index contributed by atoms with van der Waals surface area (Å²) in [6, 6.07) is 0.264. The molecule has 0 aromatic carbocycles. The summed E-state index contributed by atoms with van der Waals surface area (Å²) >= 11 is 0. The van der Waals surface area contributed by atoms with Gasteiger partial charge in [0.1, 0.15) is 11.7 Å². The molecule has 1 unspecified atom stereocenters. The van der Waals surface area contributed by atoms with Crippen LogP contribution < -0.4 is 5.32 Å². The lowest BCUT2D eigenvalue weighted by Crippen LogP contribution is -2.60. The molecule has 6 aliphatic rings. The summed E-state index contributed by atoms with van der Waals surface area (Å²) < 4.78 is 12.0. The van der Waals surface area contributed by atoms with E-state index < -0.39 is 11.0 Å². The van der Waals surface area contributed by atoms with Crippen LogP contribution in [0.5, 0.6) is 0 Å². The zero-order chi connectivity index (χ0) is 40.5. The van der Waals surface area contributed by atoms with Gasteiger partial charge in [0.2, 0.25) is 5.91 Å². The van der Waals surface area contributed by atoms with Gasteiger partial charge in [-0.15, -0.1) is 0 Å². The molecule has 0 spiro atoms. The molecule has 9 atom stereocenters. The summed E-state index contributed by atoms with van der Waals surface area (Å²) in [4.78, 5) is 53.9. The molecule has 0 aromatic heterocycles. The first kappa shape index (κ1) is 42.2. The van der Waals surface area contributed by atoms with Gasteiger partial charge in [0.25, 0.3) is 0 Å². The highest BCUT2D eigenvalue weighted by Gasteiger charge is 2.64. The third-order valence-electron chi connectivity index (χ3n) is 15.8. The van der Waals surface area contributed by atoms with E-state index in [4.69, 9.17) is 9.47 Å². The first-order valence-corrected chi connectivity index (χ1v) is 22.1. The summed E-state index contributed by atoms with van der Waals surface area (Å²) in [5.74, 6) is 2.40. The molecule has 0 bridgehead atoms. The number of carbonyl (C=O) groups excluding carboxylic acids is 4. The molecule has 1 amide bonds. The highest BCUT2D eigenvalue weighted by Crippen LogP contribution is 2.71. The minimum Gasteiger partial charge on any atom is -0.462 e. The smallest absolute Gasteiger partial charge is 0.312 e. The number of rotatable bonds is 7. The van der Waals surface area contributed by atoms with Crippen molar-refractivity contribution in [3.8, 4) is 0 Å². The number of ketones is 1. The lowest BCUT2D eigenvalue weighted by Gasteiger charge is -2.66. The largest absolute Gasteiger partial charge is 0.462 e. The van der Waals surface area contributed by atoms with E-state index in [1.165, 1.54) is 24.8 Å². The van der Waals surface area contributed by atoms with E-state index in [1.807, 2.05) is 20.8 Å². The van der Waals surface area contributed by atoms with Crippen molar-refractivity contribution in [3.63, 3.8) is 0 Å². The van der Waals surface area contributed by atoms with Crippen LogP contribution in [-0.4, -0.2) is 41.4 Å². The number of amides is 1. The molecule has 308 valence electrons. The second-order valence-electron chi connectivity index (χ2n) is 22.7. The van der Waals surface area contributed by atoms with E-state index in [0.717, 1.165) is 63.4 Å². The van der Waals surface area contributed by atoms with Gasteiger partial charge >= 0.3 is 11.9 Å². The monoisotopic (exact) mass is 762 g/mol. The van der Waals surface area contributed by atoms with Crippen LogP contribution in [0, 0.1) is 62.6 Å². The molecule has 0 aliphatic heterocycles. The fourth-order valence-electron chi connectivity index (χ4n) is 13.2. The predicted octanol–water partition coefficient (Wildman–Crippen LogP) is 10.5.